The number of aryl methyl sites for hydroxylation is 3. The van der Waals surface area contributed by atoms with Gasteiger partial charge in [-0.2, -0.15) is 0 Å². The van der Waals surface area contributed by atoms with E-state index in [0.29, 0.717) is 18.2 Å². The van der Waals surface area contributed by atoms with Gasteiger partial charge in [0.25, 0.3) is 0 Å². The monoisotopic (exact) mass is 371 g/mol. The van der Waals surface area contributed by atoms with Crippen LogP contribution in [0.1, 0.15) is 22.6 Å². The molecule has 0 atom stereocenters. The number of sulfonamides is 1. The van der Waals surface area contributed by atoms with Crippen LogP contribution in [0, 0.1) is 20.8 Å². The summed E-state index contributed by atoms with van der Waals surface area (Å²) < 4.78 is 33.0. The van der Waals surface area contributed by atoms with Crippen LogP contribution in [0.2, 0.25) is 0 Å². The van der Waals surface area contributed by atoms with Gasteiger partial charge in [-0.05, 0) is 55.7 Å². The molecule has 1 aromatic heterocycles. The van der Waals surface area contributed by atoms with E-state index in [1.165, 1.54) is 0 Å². The van der Waals surface area contributed by atoms with Crippen LogP contribution in [-0.4, -0.2) is 25.2 Å². The normalized spacial score (nSPS) is 11.7. The van der Waals surface area contributed by atoms with E-state index in [1.54, 1.807) is 18.2 Å². The Morgan fingerprint density at radius 2 is 1.73 bits per heavy atom. The van der Waals surface area contributed by atoms with Crippen LogP contribution in [0.5, 0.6) is 0 Å². The summed E-state index contributed by atoms with van der Waals surface area (Å²) in [5.41, 5.74) is 3.91. The van der Waals surface area contributed by atoms with Crippen LogP contribution in [0.4, 0.5) is 0 Å². The fourth-order valence-corrected chi connectivity index (χ4v) is 3.65. The fourth-order valence-electron chi connectivity index (χ4n) is 2.53. The molecule has 1 heterocycles. The molecule has 136 valence electrons. The molecular formula is C19H21N3O3S. The smallest absolute Gasteiger partial charge is 0.247 e. The quantitative estimate of drug-likeness (QED) is 0.719. The van der Waals surface area contributed by atoms with E-state index in [0.717, 1.165) is 22.3 Å². The van der Waals surface area contributed by atoms with Gasteiger partial charge in [-0.15, -0.1) is 10.2 Å². The maximum atomic E-state index is 12.4. The van der Waals surface area contributed by atoms with Crippen molar-refractivity contribution in [2.75, 3.05) is 6.54 Å². The third kappa shape index (κ3) is 4.00. The minimum Gasteiger partial charge on any atom is -0.421 e. The third-order valence-electron chi connectivity index (χ3n) is 4.26. The Hall–Kier alpha value is -2.51. The number of nitrogens with zero attached hydrogens (tertiary/aromatic N) is 2. The topological polar surface area (TPSA) is 85.1 Å². The summed E-state index contributed by atoms with van der Waals surface area (Å²) in [4.78, 5) is 0.256. The van der Waals surface area contributed by atoms with Crippen LogP contribution in [-0.2, 0) is 16.4 Å². The number of hydrogen-bond acceptors (Lipinski definition) is 5. The summed E-state index contributed by atoms with van der Waals surface area (Å²) in [5, 5.41) is 8.05. The first-order chi connectivity index (χ1) is 12.4. The number of aromatic nitrogens is 2. The summed E-state index contributed by atoms with van der Waals surface area (Å²) in [7, 11) is -3.56. The van der Waals surface area contributed by atoms with Crippen LogP contribution in [0.25, 0.3) is 11.5 Å². The van der Waals surface area contributed by atoms with Gasteiger partial charge in [0.2, 0.25) is 21.8 Å². The first kappa shape index (κ1) is 18.3. The van der Waals surface area contributed by atoms with E-state index in [4.69, 9.17) is 4.42 Å². The van der Waals surface area contributed by atoms with Crippen LogP contribution in [0.3, 0.4) is 0 Å². The summed E-state index contributed by atoms with van der Waals surface area (Å²) >= 11 is 0. The number of hydrogen-bond donors (Lipinski definition) is 1. The van der Waals surface area contributed by atoms with Crippen LogP contribution in [0.15, 0.2) is 51.8 Å². The standard InChI is InChI=1S/C19H21N3O3S/c1-13-8-9-16(12-15(13)3)26(23,24)20-11-10-18-21-22-19(25-18)17-7-5-4-6-14(17)2/h4-9,12,20H,10-11H2,1-3H3. The lowest BCUT2D eigenvalue weighted by Gasteiger charge is -2.07. The number of rotatable bonds is 6. The van der Waals surface area contributed by atoms with Gasteiger partial charge in [0.1, 0.15) is 0 Å². The molecule has 3 rings (SSSR count). The predicted octanol–water partition coefficient (Wildman–Crippen LogP) is 3.18. The molecule has 0 spiro atoms. The fraction of sp³-hybridized carbons (Fsp3) is 0.263. The number of benzene rings is 2. The van der Waals surface area contributed by atoms with E-state index in [2.05, 4.69) is 14.9 Å². The summed E-state index contributed by atoms with van der Waals surface area (Å²) in [6, 6.07) is 12.8. The van der Waals surface area contributed by atoms with Crippen molar-refractivity contribution in [3.8, 4) is 11.5 Å². The van der Waals surface area contributed by atoms with Gasteiger partial charge in [-0.25, -0.2) is 13.1 Å². The zero-order valence-corrected chi connectivity index (χ0v) is 15.8. The lowest BCUT2D eigenvalue weighted by molar-refractivity contribution is 0.501. The minimum absolute atomic E-state index is 0.185. The molecule has 0 aliphatic rings. The van der Waals surface area contributed by atoms with Crippen molar-refractivity contribution in [1.82, 2.24) is 14.9 Å². The lowest BCUT2D eigenvalue weighted by atomic mass is 10.1. The maximum absolute atomic E-state index is 12.4. The van der Waals surface area contributed by atoms with Gasteiger partial charge < -0.3 is 4.42 Å². The minimum atomic E-state index is -3.56. The summed E-state index contributed by atoms with van der Waals surface area (Å²) in [5.74, 6) is 0.834. The van der Waals surface area contributed by atoms with Crippen molar-refractivity contribution in [2.24, 2.45) is 0 Å². The van der Waals surface area contributed by atoms with Gasteiger partial charge in [0, 0.05) is 18.5 Å². The van der Waals surface area contributed by atoms with E-state index in [-0.39, 0.29) is 11.4 Å². The van der Waals surface area contributed by atoms with Crippen LogP contribution >= 0.6 is 0 Å². The second-order valence-corrected chi connectivity index (χ2v) is 7.98. The van der Waals surface area contributed by atoms with Crippen molar-refractivity contribution in [2.45, 2.75) is 32.1 Å². The highest BCUT2D eigenvalue weighted by atomic mass is 32.2. The Labute approximate surface area is 153 Å². The summed E-state index contributed by atoms with van der Waals surface area (Å²) in [6.45, 7) is 5.99. The molecule has 0 saturated heterocycles. The average Bonchev–Trinajstić information content (AvgIpc) is 3.06. The van der Waals surface area contributed by atoms with Crippen LogP contribution < -0.4 is 4.72 Å². The molecule has 0 unspecified atom stereocenters. The molecule has 0 aliphatic heterocycles. The third-order valence-corrected chi connectivity index (χ3v) is 5.72. The highest BCUT2D eigenvalue weighted by Gasteiger charge is 2.15. The van der Waals surface area contributed by atoms with E-state index in [9.17, 15) is 8.42 Å². The Kier molecular flexibility index (Phi) is 5.20. The second-order valence-electron chi connectivity index (χ2n) is 6.21. The maximum Gasteiger partial charge on any atom is 0.247 e. The molecule has 0 aliphatic carbocycles. The SMILES string of the molecule is Cc1ccc(S(=O)(=O)NCCc2nnc(-c3ccccc3C)o2)cc1C. The van der Waals surface area contributed by atoms with Gasteiger partial charge in [0.15, 0.2) is 0 Å². The zero-order valence-electron chi connectivity index (χ0n) is 15.0. The molecule has 2 aromatic carbocycles. The molecule has 0 fully saturated rings. The van der Waals surface area contributed by atoms with Gasteiger partial charge in [0.05, 0.1) is 4.90 Å². The molecule has 6 nitrogen and oxygen atoms in total. The molecule has 26 heavy (non-hydrogen) atoms. The molecule has 1 N–H and O–H groups in total. The first-order valence-electron chi connectivity index (χ1n) is 8.32. The molecule has 0 bridgehead atoms. The molecular weight excluding hydrogens is 350 g/mol. The second kappa shape index (κ2) is 7.39. The average molecular weight is 371 g/mol. The van der Waals surface area contributed by atoms with Crippen molar-refractivity contribution in [3.05, 3.63) is 65.0 Å². The molecule has 3 aromatic rings. The highest BCUT2D eigenvalue weighted by Crippen LogP contribution is 2.21. The van der Waals surface area contributed by atoms with Gasteiger partial charge in [-0.3, -0.25) is 0 Å². The van der Waals surface area contributed by atoms with Gasteiger partial charge >= 0.3 is 0 Å². The van der Waals surface area contributed by atoms with E-state index < -0.39 is 10.0 Å². The van der Waals surface area contributed by atoms with E-state index in [1.807, 2.05) is 45.0 Å². The molecule has 0 amide bonds. The highest BCUT2D eigenvalue weighted by molar-refractivity contribution is 7.89. The first-order valence-corrected chi connectivity index (χ1v) is 9.80. The van der Waals surface area contributed by atoms with Crippen molar-refractivity contribution < 1.29 is 12.8 Å². The summed E-state index contributed by atoms with van der Waals surface area (Å²) in [6.07, 6.45) is 0.322. The molecule has 0 saturated carbocycles. The predicted molar refractivity (Wildman–Crippen MR) is 99.3 cm³/mol. The van der Waals surface area contributed by atoms with Crippen molar-refractivity contribution in [3.63, 3.8) is 0 Å². The Morgan fingerprint density at radius 1 is 0.962 bits per heavy atom. The Morgan fingerprint density at radius 3 is 2.46 bits per heavy atom. The Bertz CT molecular complexity index is 1030. The van der Waals surface area contributed by atoms with E-state index >= 15 is 0 Å². The largest absolute Gasteiger partial charge is 0.421 e. The van der Waals surface area contributed by atoms with Gasteiger partial charge in [-0.1, -0.05) is 24.3 Å². The molecule has 7 heteroatoms. The lowest BCUT2D eigenvalue weighted by Crippen LogP contribution is -2.26. The molecule has 0 radical (unpaired) electrons. The number of nitrogens with one attached hydrogen (secondary N) is 1. The Balaban J connectivity index is 1.65. The zero-order chi connectivity index (χ0) is 18.7. The van der Waals surface area contributed by atoms with Crippen molar-refractivity contribution in [1.29, 1.82) is 0 Å². The van der Waals surface area contributed by atoms with Crippen molar-refractivity contribution >= 4 is 10.0 Å².